The van der Waals surface area contributed by atoms with Crippen molar-refractivity contribution in [3.63, 3.8) is 0 Å². The topological polar surface area (TPSA) is 97.3 Å². The molecule has 9 heteroatoms. The van der Waals surface area contributed by atoms with Gasteiger partial charge in [0.25, 0.3) is 5.91 Å². The molecule has 2 amide bonds. The largest absolute Gasteiger partial charge is 0.444 e. The molecular formula is C25H29N5O3S. The third-order valence-corrected chi connectivity index (χ3v) is 7.23. The van der Waals surface area contributed by atoms with Crippen molar-refractivity contribution in [3.05, 3.63) is 47.0 Å². The second-order valence-corrected chi connectivity index (χ2v) is 11.1. The molecule has 0 unspecified atom stereocenters. The Balaban J connectivity index is 1.22. The van der Waals surface area contributed by atoms with Crippen molar-refractivity contribution >= 4 is 39.2 Å². The van der Waals surface area contributed by atoms with E-state index in [0.717, 1.165) is 46.7 Å². The number of aromatic nitrogens is 3. The van der Waals surface area contributed by atoms with Gasteiger partial charge in [0.15, 0.2) is 0 Å². The molecule has 0 spiro atoms. The summed E-state index contributed by atoms with van der Waals surface area (Å²) in [5.74, 6) is 1.37. The average molecular weight is 480 g/mol. The van der Waals surface area contributed by atoms with Crippen LogP contribution in [0.4, 0.5) is 10.5 Å². The molecule has 8 nitrogen and oxygen atoms in total. The number of carbonyl (C=O) groups is 2. The van der Waals surface area contributed by atoms with Gasteiger partial charge >= 0.3 is 6.09 Å². The van der Waals surface area contributed by atoms with Gasteiger partial charge < -0.3 is 15.0 Å². The molecule has 2 aromatic heterocycles. The first-order chi connectivity index (χ1) is 16.2. The summed E-state index contributed by atoms with van der Waals surface area (Å²) in [6, 6.07) is 5.80. The number of thiazole rings is 1. The smallest absolute Gasteiger partial charge is 0.410 e. The molecule has 2 aliphatic rings. The van der Waals surface area contributed by atoms with Crippen molar-refractivity contribution in [2.45, 2.75) is 63.9 Å². The minimum atomic E-state index is -0.485. The van der Waals surface area contributed by atoms with Crippen LogP contribution in [0.5, 0.6) is 0 Å². The Morgan fingerprint density at radius 2 is 1.76 bits per heavy atom. The lowest BCUT2D eigenvalue weighted by atomic mass is 9.98. The van der Waals surface area contributed by atoms with E-state index in [9.17, 15) is 9.59 Å². The van der Waals surface area contributed by atoms with E-state index in [0.29, 0.717) is 36.2 Å². The van der Waals surface area contributed by atoms with Gasteiger partial charge in [0.1, 0.15) is 11.4 Å². The number of anilines is 1. The number of benzene rings is 1. The SMILES string of the molecule is CC(C)(C)OC(=O)N1CCC(c2nc3cc(NC(=O)c4cnc(C5CC5)nc4)ccc3s2)CC1. The highest BCUT2D eigenvalue weighted by atomic mass is 32.1. The molecule has 1 aromatic carbocycles. The molecule has 1 N–H and O–H groups in total. The second-order valence-electron chi connectivity index (χ2n) is 10.0. The van der Waals surface area contributed by atoms with Crippen molar-refractivity contribution in [3.8, 4) is 0 Å². The maximum absolute atomic E-state index is 12.6. The first-order valence-corrected chi connectivity index (χ1v) is 12.6. The first-order valence-electron chi connectivity index (χ1n) is 11.8. The highest BCUT2D eigenvalue weighted by Crippen LogP contribution is 2.38. The van der Waals surface area contributed by atoms with Crippen LogP contribution in [-0.4, -0.2) is 50.5 Å². The molecule has 0 atom stereocenters. The van der Waals surface area contributed by atoms with Crippen molar-refractivity contribution in [1.82, 2.24) is 19.9 Å². The number of amides is 2. The minimum absolute atomic E-state index is 0.230. The van der Waals surface area contributed by atoms with Gasteiger partial charge in [0.05, 0.1) is 20.8 Å². The molecule has 1 saturated heterocycles. The number of piperidine rings is 1. The molecule has 1 saturated carbocycles. The molecule has 2 fully saturated rings. The van der Waals surface area contributed by atoms with E-state index in [1.54, 1.807) is 28.6 Å². The predicted molar refractivity (Wildman–Crippen MR) is 131 cm³/mol. The number of hydrogen-bond acceptors (Lipinski definition) is 7. The number of ether oxygens (including phenoxy) is 1. The number of rotatable bonds is 4. The Morgan fingerprint density at radius 1 is 1.06 bits per heavy atom. The summed E-state index contributed by atoms with van der Waals surface area (Å²) >= 11 is 1.68. The van der Waals surface area contributed by atoms with E-state index in [1.165, 1.54) is 0 Å². The number of carbonyl (C=O) groups excluding carboxylic acids is 2. The molecule has 34 heavy (non-hydrogen) atoms. The van der Waals surface area contributed by atoms with E-state index < -0.39 is 5.60 Å². The van der Waals surface area contributed by atoms with Crippen LogP contribution in [0, 0.1) is 0 Å². The lowest BCUT2D eigenvalue weighted by Crippen LogP contribution is -2.41. The fourth-order valence-electron chi connectivity index (χ4n) is 4.04. The third-order valence-electron chi connectivity index (χ3n) is 6.03. The Kier molecular flexibility index (Phi) is 5.97. The Morgan fingerprint density at radius 3 is 2.41 bits per heavy atom. The quantitative estimate of drug-likeness (QED) is 0.543. The van der Waals surface area contributed by atoms with Gasteiger partial charge in [-0.05, 0) is 64.7 Å². The van der Waals surface area contributed by atoms with E-state index in [4.69, 9.17) is 9.72 Å². The van der Waals surface area contributed by atoms with Crippen molar-refractivity contribution < 1.29 is 14.3 Å². The van der Waals surface area contributed by atoms with Crippen molar-refractivity contribution in [1.29, 1.82) is 0 Å². The van der Waals surface area contributed by atoms with Crippen LogP contribution in [0.25, 0.3) is 10.2 Å². The lowest BCUT2D eigenvalue weighted by Gasteiger charge is -2.32. The molecule has 0 radical (unpaired) electrons. The van der Waals surface area contributed by atoms with Gasteiger partial charge in [-0.2, -0.15) is 0 Å². The van der Waals surface area contributed by atoms with Crippen LogP contribution in [0.2, 0.25) is 0 Å². The van der Waals surface area contributed by atoms with E-state index in [-0.39, 0.29) is 12.0 Å². The van der Waals surface area contributed by atoms with Crippen molar-refractivity contribution in [2.75, 3.05) is 18.4 Å². The Bertz CT molecular complexity index is 1210. The molecule has 1 aliphatic carbocycles. The van der Waals surface area contributed by atoms with Gasteiger partial charge in [0.2, 0.25) is 0 Å². The molecular weight excluding hydrogens is 450 g/mol. The molecule has 178 valence electrons. The number of hydrogen-bond donors (Lipinski definition) is 1. The summed E-state index contributed by atoms with van der Waals surface area (Å²) in [4.78, 5) is 40.2. The predicted octanol–water partition coefficient (Wildman–Crippen LogP) is 5.33. The molecule has 1 aliphatic heterocycles. The zero-order valence-corrected chi connectivity index (χ0v) is 20.5. The number of likely N-dealkylation sites (tertiary alicyclic amines) is 1. The van der Waals surface area contributed by atoms with Crippen LogP contribution < -0.4 is 5.32 Å². The van der Waals surface area contributed by atoms with E-state index in [2.05, 4.69) is 15.3 Å². The van der Waals surface area contributed by atoms with Crippen LogP contribution in [0.3, 0.4) is 0 Å². The standard InChI is InChI=1S/C25H29N5O3S/c1-25(2,3)33-24(32)30-10-8-16(9-11-30)23-29-19-12-18(6-7-20(19)34-23)28-22(31)17-13-26-21(27-14-17)15-4-5-15/h6-7,12-16H,4-5,8-11H2,1-3H3,(H,28,31). The molecule has 3 aromatic rings. The van der Waals surface area contributed by atoms with E-state index in [1.807, 2.05) is 39.0 Å². The summed E-state index contributed by atoms with van der Waals surface area (Å²) in [5.41, 5.74) is 1.52. The first kappa shape index (κ1) is 22.7. The highest BCUT2D eigenvalue weighted by Gasteiger charge is 2.29. The van der Waals surface area contributed by atoms with Gasteiger partial charge in [-0.1, -0.05) is 0 Å². The van der Waals surface area contributed by atoms with Gasteiger partial charge in [-0.25, -0.2) is 19.7 Å². The summed E-state index contributed by atoms with van der Waals surface area (Å²) in [7, 11) is 0. The Labute approximate surface area is 202 Å². The van der Waals surface area contributed by atoms with Gasteiger partial charge in [-0.3, -0.25) is 4.79 Å². The summed E-state index contributed by atoms with van der Waals surface area (Å²) in [6.45, 7) is 6.98. The third kappa shape index (κ3) is 5.19. The number of nitrogens with one attached hydrogen (secondary N) is 1. The zero-order chi connectivity index (χ0) is 23.9. The van der Waals surface area contributed by atoms with Crippen molar-refractivity contribution in [2.24, 2.45) is 0 Å². The molecule has 3 heterocycles. The summed E-state index contributed by atoms with van der Waals surface area (Å²) in [6.07, 6.45) is 6.92. The van der Waals surface area contributed by atoms with E-state index >= 15 is 0 Å². The monoisotopic (exact) mass is 479 g/mol. The summed E-state index contributed by atoms with van der Waals surface area (Å²) < 4.78 is 6.58. The zero-order valence-electron chi connectivity index (χ0n) is 19.7. The second kappa shape index (κ2) is 8.94. The molecule has 5 rings (SSSR count). The van der Waals surface area contributed by atoms with Crippen LogP contribution in [0.15, 0.2) is 30.6 Å². The normalized spacial score (nSPS) is 17.1. The minimum Gasteiger partial charge on any atom is -0.444 e. The average Bonchev–Trinajstić information content (AvgIpc) is 3.57. The van der Waals surface area contributed by atoms with Crippen LogP contribution in [0.1, 0.15) is 79.5 Å². The molecule has 0 bridgehead atoms. The number of nitrogens with zero attached hydrogens (tertiary/aromatic N) is 4. The Hall–Kier alpha value is -3.07. The van der Waals surface area contributed by atoms with Crippen LogP contribution >= 0.6 is 11.3 Å². The fraction of sp³-hybridized carbons (Fsp3) is 0.480. The van der Waals surface area contributed by atoms with Gasteiger partial charge in [-0.15, -0.1) is 11.3 Å². The summed E-state index contributed by atoms with van der Waals surface area (Å²) in [5, 5.41) is 4.00. The lowest BCUT2D eigenvalue weighted by molar-refractivity contribution is 0.0204. The maximum Gasteiger partial charge on any atom is 0.410 e. The maximum atomic E-state index is 12.6. The van der Waals surface area contributed by atoms with Crippen LogP contribution in [-0.2, 0) is 4.74 Å². The highest BCUT2D eigenvalue weighted by molar-refractivity contribution is 7.18. The fourth-order valence-corrected chi connectivity index (χ4v) is 5.16. The number of fused-ring (bicyclic) bond motifs is 1. The van der Waals surface area contributed by atoms with Gasteiger partial charge in [0, 0.05) is 43.0 Å².